The third kappa shape index (κ3) is 1.32. The molecule has 0 unspecified atom stereocenters. The van der Waals surface area contributed by atoms with E-state index >= 15 is 0 Å². The largest absolute Gasteiger partial charge is 0.389 e. The Balaban J connectivity index is 1.83. The van der Waals surface area contributed by atoms with Crippen LogP contribution in [0.3, 0.4) is 0 Å². The van der Waals surface area contributed by atoms with Gasteiger partial charge in [0.25, 0.3) is 0 Å². The molecule has 68 valence electrons. The van der Waals surface area contributed by atoms with Crippen molar-refractivity contribution >= 4 is 5.91 Å². The van der Waals surface area contributed by atoms with Gasteiger partial charge in [0.2, 0.25) is 5.91 Å². The van der Waals surface area contributed by atoms with Gasteiger partial charge in [-0.05, 0) is 13.0 Å². The quantitative estimate of drug-likeness (QED) is 0.519. The third-order valence-corrected chi connectivity index (χ3v) is 2.58. The van der Waals surface area contributed by atoms with Crippen molar-refractivity contribution in [3.05, 3.63) is 0 Å². The highest BCUT2D eigenvalue weighted by molar-refractivity contribution is 5.80. The minimum Gasteiger partial charge on any atom is -0.389 e. The predicted molar refractivity (Wildman–Crippen MR) is 43.6 cm³/mol. The molecule has 4 nitrogen and oxygen atoms in total. The summed E-state index contributed by atoms with van der Waals surface area (Å²) in [4.78, 5) is 13.3. The molecule has 2 saturated heterocycles. The molecular formula is C8H14N2O2. The number of β-amino-alcohol motifs (C(OH)–C–C–N with tert-alkyl or cyclic N) is 1. The Kier molecular flexibility index (Phi) is 2.02. The Morgan fingerprint density at radius 3 is 2.75 bits per heavy atom. The average Bonchev–Trinajstić information content (AvgIpc) is 2.49. The highest BCUT2D eigenvalue weighted by atomic mass is 16.3. The van der Waals surface area contributed by atoms with E-state index in [9.17, 15) is 4.79 Å². The van der Waals surface area contributed by atoms with Crippen LogP contribution in [0.2, 0.25) is 0 Å². The monoisotopic (exact) mass is 170 g/mol. The first-order valence-electron chi connectivity index (χ1n) is 4.45. The topological polar surface area (TPSA) is 52.6 Å². The van der Waals surface area contributed by atoms with Crippen LogP contribution < -0.4 is 5.32 Å². The van der Waals surface area contributed by atoms with Gasteiger partial charge in [-0.1, -0.05) is 0 Å². The second-order valence-electron chi connectivity index (χ2n) is 3.59. The molecule has 2 fully saturated rings. The van der Waals surface area contributed by atoms with E-state index < -0.39 is 0 Å². The smallest absolute Gasteiger partial charge is 0.227 e. The van der Waals surface area contributed by atoms with Crippen molar-refractivity contribution in [2.75, 3.05) is 26.2 Å². The first kappa shape index (κ1) is 8.01. The maximum absolute atomic E-state index is 11.5. The predicted octanol–water partition coefficient (Wildman–Crippen LogP) is -1.20. The van der Waals surface area contributed by atoms with Crippen LogP contribution in [0.15, 0.2) is 0 Å². The Morgan fingerprint density at radius 1 is 1.50 bits per heavy atom. The number of likely N-dealkylation sites (tertiary alicyclic amines) is 1. The maximum atomic E-state index is 11.5. The van der Waals surface area contributed by atoms with Crippen LogP contribution in [0.5, 0.6) is 0 Å². The van der Waals surface area contributed by atoms with Crippen molar-refractivity contribution in [3.63, 3.8) is 0 Å². The summed E-state index contributed by atoms with van der Waals surface area (Å²) < 4.78 is 0. The van der Waals surface area contributed by atoms with Crippen molar-refractivity contribution < 1.29 is 9.90 Å². The highest BCUT2D eigenvalue weighted by Crippen LogP contribution is 2.16. The van der Waals surface area contributed by atoms with Crippen molar-refractivity contribution in [1.82, 2.24) is 10.2 Å². The number of aliphatic hydroxyl groups is 1. The van der Waals surface area contributed by atoms with E-state index in [0.29, 0.717) is 13.1 Å². The fourth-order valence-electron chi connectivity index (χ4n) is 1.76. The Morgan fingerprint density at radius 2 is 2.25 bits per heavy atom. The van der Waals surface area contributed by atoms with Crippen molar-refractivity contribution in [1.29, 1.82) is 0 Å². The third-order valence-electron chi connectivity index (χ3n) is 2.58. The standard InChI is InChI=1S/C8H14N2O2/c11-7-4-10(5-7)8(12)6-1-2-9-3-6/h6-7,9,11H,1-5H2/t6-/m0/s1. The zero-order valence-corrected chi connectivity index (χ0v) is 6.99. The first-order chi connectivity index (χ1) is 5.77. The molecule has 2 aliphatic heterocycles. The molecule has 4 heteroatoms. The second-order valence-corrected chi connectivity index (χ2v) is 3.59. The normalized spacial score (nSPS) is 30.4. The first-order valence-corrected chi connectivity index (χ1v) is 4.45. The lowest BCUT2D eigenvalue weighted by Crippen LogP contribution is -2.55. The van der Waals surface area contributed by atoms with Crippen LogP contribution in [0.4, 0.5) is 0 Å². The summed E-state index contributed by atoms with van der Waals surface area (Å²) in [5.41, 5.74) is 0. The lowest BCUT2D eigenvalue weighted by molar-refractivity contribution is -0.145. The Hall–Kier alpha value is -0.610. The van der Waals surface area contributed by atoms with E-state index in [4.69, 9.17) is 5.11 Å². The van der Waals surface area contributed by atoms with Gasteiger partial charge in [0.05, 0.1) is 12.0 Å². The van der Waals surface area contributed by atoms with Crippen LogP contribution in [0.1, 0.15) is 6.42 Å². The van der Waals surface area contributed by atoms with Gasteiger partial charge in [-0.25, -0.2) is 0 Å². The van der Waals surface area contributed by atoms with E-state index in [1.807, 2.05) is 0 Å². The summed E-state index contributed by atoms with van der Waals surface area (Å²) in [5.74, 6) is 0.378. The summed E-state index contributed by atoms with van der Waals surface area (Å²) >= 11 is 0. The van der Waals surface area contributed by atoms with Crippen LogP contribution in [0.25, 0.3) is 0 Å². The van der Waals surface area contributed by atoms with Gasteiger partial charge in [-0.2, -0.15) is 0 Å². The number of aliphatic hydroxyl groups excluding tert-OH is 1. The van der Waals surface area contributed by atoms with E-state index in [1.54, 1.807) is 4.90 Å². The van der Waals surface area contributed by atoms with Gasteiger partial charge in [-0.15, -0.1) is 0 Å². The molecular weight excluding hydrogens is 156 g/mol. The zero-order chi connectivity index (χ0) is 8.55. The highest BCUT2D eigenvalue weighted by Gasteiger charge is 2.34. The molecule has 0 radical (unpaired) electrons. The van der Waals surface area contributed by atoms with E-state index in [2.05, 4.69) is 5.32 Å². The Labute approximate surface area is 71.5 Å². The lowest BCUT2D eigenvalue weighted by atomic mass is 10.0. The molecule has 0 aromatic heterocycles. The van der Waals surface area contributed by atoms with Gasteiger partial charge in [0, 0.05) is 19.6 Å². The molecule has 2 aliphatic rings. The van der Waals surface area contributed by atoms with Gasteiger partial charge in [0.15, 0.2) is 0 Å². The second kappa shape index (κ2) is 3.03. The maximum Gasteiger partial charge on any atom is 0.227 e. The SMILES string of the molecule is O=C([C@H]1CCNC1)N1CC(O)C1. The summed E-state index contributed by atoms with van der Waals surface area (Å²) in [7, 11) is 0. The fraction of sp³-hybridized carbons (Fsp3) is 0.875. The number of rotatable bonds is 1. The zero-order valence-electron chi connectivity index (χ0n) is 6.99. The lowest BCUT2D eigenvalue weighted by Gasteiger charge is -2.37. The van der Waals surface area contributed by atoms with Gasteiger partial charge >= 0.3 is 0 Å². The van der Waals surface area contributed by atoms with Gasteiger partial charge in [0.1, 0.15) is 0 Å². The van der Waals surface area contributed by atoms with Crippen molar-refractivity contribution in [2.45, 2.75) is 12.5 Å². The molecule has 12 heavy (non-hydrogen) atoms. The van der Waals surface area contributed by atoms with Crippen LogP contribution in [-0.2, 0) is 4.79 Å². The summed E-state index contributed by atoms with van der Waals surface area (Å²) in [6.07, 6.45) is 0.675. The fourth-order valence-corrected chi connectivity index (χ4v) is 1.76. The number of amides is 1. The number of hydrogen-bond acceptors (Lipinski definition) is 3. The number of nitrogens with zero attached hydrogens (tertiary/aromatic N) is 1. The molecule has 2 heterocycles. The number of nitrogens with one attached hydrogen (secondary N) is 1. The summed E-state index contributed by atoms with van der Waals surface area (Å²) in [6.45, 7) is 2.84. The summed E-state index contributed by atoms with van der Waals surface area (Å²) in [6, 6.07) is 0. The molecule has 0 spiro atoms. The van der Waals surface area contributed by atoms with Gasteiger partial charge in [-0.3, -0.25) is 4.79 Å². The van der Waals surface area contributed by atoms with Gasteiger partial charge < -0.3 is 15.3 Å². The Bertz CT molecular complexity index is 183. The minimum absolute atomic E-state index is 0.164. The van der Waals surface area contributed by atoms with Crippen LogP contribution in [0, 0.1) is 5.92 Å². The van der Waals surface area contributed by atoms with E-state index in [-0.39, 0.29) is 17.9 Å². The van der Waals surface area contributed by atoms with E-state index in [1.165, 1.54) is 0 Å². The molecule has 2 N–H and O–H groups in total. The minimum atomic E-state index is -0.275. The average molecular weight is 170 g/mol. The van der Waals surface area contributed by atoms with Crippen molar-refractivity contribution in [2.24, 2.45) is 5.92 Å². The molecule has 0 aromatic rings. The molecule has 0 saturated carbocycles. The van der Waals surface area contributed by atoms with Crippen molar-refractivity contribution in [3.8, 4) is 0 Å². The van der Waals surface area contributed by atoms with E-state index in [0.717, 1.165) is 19.5 Å². The molecule has 0 aromatic carbocycles. The molecule has 0 aliphatic carbocycles. The number of hydrogen-bond donors (Lipinski definition) is 2. The number of carbonyl (C=O) groups is 1. The molecule has 2 rings (SSSR count). The van der Waals surface area contributed by atoms with Crippen LogP contribution in [-0.4, -0.2) is 48.2 Å². The molecule has 0 bridgehead atoms. The summed E-state index contributed by atoms with van der Waals surface area (Å²) in [5, 5.41) is 12.2. The molecule has 1 atom stereocenters. The van der Waals surface area contributed by atoms with Crippen LogP contribution >= 0.6 is 0 Å². The number of carbonyl (C=O) groups excluding carboxylic acids is 1. The molecule has 1 amide bonds.